The Hall–Kier alpha value is -3.29. The second kappa shape index (κ2) is 7.85. The second-order valence-corrected chi connectivity index (χ2v) is 8.29. The van der Waals surface area contributed by atoms with Crippen molar-refractivity contribution in [3.63, 3.8) is 0 Å². The first-order valence-corrected chi connectivity index (χ1v) is 10.6. The van der Waals surface area contributed by atoms with E-state index in [0.717, 1.165) is 0 Å². The van der Waals surface area contributed by atoms with Gasteiger partial charge in [-0.05, 0) is 60.7 Å². The van der Waals surface area contributed by atoms with Gasteiger partial charge in [-0.25, -0.2) is 0 Å². The van der Waals surface area contributed by atoms with Crippen LogP contribution in [0, 0.1) is 0 Å². The minimum absolute atomic E-state index is 0.00103. The van der Waals surface area contributed by atoms with Crippen molar-refractivity contribution < 1.29 is 21.8 Å². The monoisotopic (exact) mass is 442 g/mol. The van der Waals surface area contributed by atoms with Crippen LogP contribution in [0.25, 0.3) is 22.3 Å². The van der Waals surface area contributed by atoms with Crippen molar-refractivity contribution in [2.75, 3.05) is 7.11 Å². The van der Waals surface area contributed by atoms with Crippen LogP contribution in [0.1, 0.15) is 0 Å². The number of rotatable bonds is 5. The van der Waals surface area contributed by atoms with Crippen LogP contribution in [0.5, 0.6) is 11.5 Å². The molecule has 0 radical (unpaired) electrons. The zero-order chi connectivity index (χ0) is 21.3. The Kier molecular flexibility index (Phi) is 5.24. The molecule has 4 aromatic rings. The summed E-state index contributed by atoms with van der Waals surface area (Å²) in [6, 6.07) is 18.6. The molecule has 6 nitrogen and oxygen atoms in total. The quantitative estimate of drug-likeness (QED) is 0.409. The molecule has 0 atom stereocenters. The molecule has 0 spiro atoms. The van der Waals surface area contributed by atoms with Crippen LogP contribution in [0.3, 0.4) is 0 Å². The van der Waals surface area contributed by atoms with Crippen LogP contribution in [0.15, 0.2) is 86.9 Å². The predicted octanol–water partition coefficient (Wildman–Crippen LogP) is 4.89. The molecule has 0 unspecified atom stereocenters. The van der Waals surface area contributed by atoms with E-state index in [2.05, 4.69) is 0 Å². The van der Waals surface area contributed by atoms with Gasteiger partial charge in [0.15, 0.2) is 5.76 Å². The summed E-state index contributed by atoms with van der Waals surface area (Å²) in [5.41, 5.74) is 0.171. The van der Waals surface area contributed by atoms with Gasteiger partial charge < -0.3 is 13.3 Å². The maximum atomic E-state index is 13.1. The minimum Gasteiger partial charge on any atom is -0.497 e. The summed E-state index contributed by atoms with van der Waals surface area (Å²) in [5.74, 6) is 0.172. The second-order valence-electron chi connectivity index (χ2n) is 6.31. The molecule has 0 saturated heterocycles. The van der Waals surface area contributed by atoms with Crippen LogP contribution >= 0.6 is 11.6 Å². The lowest BCUT2D eigenvalue weighted by Crippen LogP contribution is -2.16. The highest BCUT2D eigenvalue weighted by Crippen LogP contribution is 2.33. The van der Waals surface area contributed by atoms with Gasteiger partial charge >= 0.3 is 10.1 Å². The Labute approximate surface area is 177 Å². The highest BCUT2D eigenvalue weighted by atomic mass is 35.5. The van der Waals surface area contributed by atoms with Gasteiger partial charge in [0.1, 0.15) is 16.2 Å². The Balaban J connectivity index is 1.91. The Morgan fingerprint density at radius 3 is 2.23 bits per heavy atom. The third kappa shape index (κ3) is 3.77. The fourth-order valence-electron chi connectivity index (χ4n) is 2.89. The Morgan fingerprint density at radius 1 is 0.900 bits per heavy atom. The molecule has 1 heterocycles. The van der Waals surface area contributed by atoms with E-state index in [-0.39, 0.29) is 16.0 Å². The van der Waals surface area contributed by atoms with E-state index in [9.17, 15) is 13.2 Å². The first-order chi connectivity index (χ1) is 14.4. The summed E-state index contributed by atoms with van der Waals surface area (Å²) in [6.45, 7) is 0. The molecule has 0 N–H and O–H groups in total. The maximum Gasteiger partial charge on any atom is 0.339 e. The molecule has 0 saturated carbocycles. The van der Waals surface area contributed by atoms with Crippen LogP contribution < -0.4 is 14.3 Å². The summed E-state index contributed by atoms with van der Waals surface area (Å²) >= 11 is 5.83. The lowest BCUT2D eigenvalue weighted by atomic mass is 10.1. The smallest absolute Gasteiger partial charge is 0.339 e. The number of fused-ring (bicyclic) bond motifs is 1. The average Bonchev–Trinajstić information content (AvgIpc) is 2.76. The number of hydrogen-bond acceptors (Lipinski definition) is 6. The van der Waals surface area contributed by atoms with Crippen LogP contribution in [-0.4, -0.2) is 15.5 Å². The van der Waals surface area contributed by atoms with Gasteiger partial charge in [0.25, 0.3) is 0 Å². The molecule has 0 aliphatic carbocycles. The summed E-state index contributed by atoms with van der Waals surface area (Å²) in [4.78, 5) is 13.0. The van der Waals surface area contributed by atoms with Crippen molar-refractivity contribution in [3.05, 3.63) is 88.0 Å². The number of halogens is 1. The normalized spacial score (nSPS) is 11.4. The molecule has 152 valence electrons. The number of para-hydroxylation sites is 1. The van der Waals surface area contributed by atoms with E-state index in [1.165, 1.54) is 31.4 Å². The van der Waals surface area contributed by atoms with Crippen molar-refractivity contribution in [1.29, 1.82) is 0 Å². The van der Waals surface area contributed by atoms with Gasteiger partial charge in [-0.3, -0.25) is 4.79 Å². The molecule has 0 amide bonds. The maximum absolute atomic E-state index is 13.1. The van der Waals surface area contributed by atoms with E-state index < -0.39 is 21.3 Å². The first kappa shape index (κ1) is 20.0. The standard InChI is InChI=1S/C22H15ClO6S/c1-27-16-10-6-14(7-11-16)21-22(20(24)18-4-2-3-5-19(18)28-21)29-30(25,26)17-12-8-15(23)9-13-17/h2-13H,1H3. The predicted molar refractivity (Wildman–Crippen MR) is 114 cm³/mol. The fraction of sp³-hybridized carbons (Fsp3) is 0.0455. The van der Waals surface area contributed by atoms with E-state index >= 15 is 0 Å². The summed E-state index contributed by atoms with van der Waals surface area (Å²) < 4.78 is 42.0. The SMILES string of the molecule is COc1ccc(-c2oc3ccccc3c(=O)c2OS(=O)(=O)c2ccc(Cl)cc2)cc1. The molecule has 0 bridgehead atoms. The van der Waals surface area contributed by atoms with Gasteiger partial charge in [0.05, 0.1) is 12.5 Å². The molecule has 30 heavy (non-hydrogen) atoms. The van der Waals surface area contributed by atoms with E-state index in [0.29, 0.717) is 21.9 Å². The van der Waals surface area contributed by atoms with Crippen LogP contribution in [0.4, 0.5) is 0 Å². The van der Waals surface area contributed by atoms with Gasteiger partial charge in [0, 0.05) is 10.6 Å². The third-order valence-corrected chi connectivity index (χ3v) is 5.89. The minimum atomic E-state index is -4.31. The molecular weight excluding hydrogens is 428 g/mol. The van der Waals surface area contributed by atoms with E-state index in [4.69, 9.17) is 24.9 Å². The van der Waals surface area contributed by atoms with Crippen molar-refractivity contribution in [2.45, 2.75) is 4.90 Å². The molecule has 0 aliphatic rings. The lowest BCUT2D eigenvalue weighted by molar-refractivity contribution is 0.415. The third-order valence-electron chi connectivity index (χ3n) is 4.40. The first-order valence-electron chi connectivity index (χ1n) is 8.79. The van der Waals surface area contributed by atoms with Gasteiger partial charge in [-0.2, -0.15) is 8.42 Å². The highest BCUT2D eigenvalue weighted by Gasteiger charge is 2.25. The number of hydrogen-bond donors (Lipinski definition) is 0. The van der Waals surface area contributed by atoms with E-state index in [1.807, 2.05) is 0 Å². The van der Waals surface area contributed by atoms with Crippen LogP contribution in [0.2, 0.25) is 5.02 Å². The highest BCUT2D eigenvalue weighted by molar-refractivity contribution is 7.87. The van der Waals surface area contributed by atoms with E-state index in [1.54, 1.807) is 48.5 Å². The zero-order valence-corrected chi connectivity index (χ0v) is 17.2. The largest absolute Gasteiger partial charge is 0.497 e. The van der Waals surface area contributed by atoms with Crippen molar-refractivity contribution in [2.24, 2.45) is 0 Å². The molecule has 4 rings (SSSR count). The average molecular weight is 443 g/mol. The molecule has 0 fully saturated rings. The van der Waals surface area contributed by atoms with Gasteiger partial charge in [0.2, 0.25) is 11.2 Å². The molecular formula is C22H15ClO6S. The Bertz CT molecular complexity index is 1370. The zero-order valence-electron chi connectivity index (χ0n) is 15.7. The Morgan fingerprint density at radius 2 is 1.57 bits per heavy atom. The number of ether oxygens (including phenoxy) is 1. The molecule has 0 aliphatic heterocycles. The van der Waals surface area contributed by atoms with Crippen molar-refractivity contribution in [1.82, 2.24) is 0 Å². The fourth-order valence-corrected chi connectivity index (χ4v) is 3.95. The topological polar surface area (TPSA) is 82.8 Å². The summed E-state index contributed by atoms with van der Waals surface area (Å²) in [7, 11) is -2.78. The van der Waals surface area contributed by atoms with Gasteiger partial charge in [-0.15, -0.1) is 0 Å². The lowest BCUT2D eigenvalue weighted by Gasteiger charge is -2.12. The van der Waals surface area contributed by atoms with Crippen molar-refractivity contribution >= 4 is 32.7 Å². The van der Waals surface area contributed by atoms with Crippen molar-refractivity contribution in [3.8, 4) is 22.8 Å². The number of benzene rings is 3. The summed E-state index contributed by atoms with van der Waals surface area (Å²) in [6.07, 6.45) is 0. The molecule has 8 heteroatoms. The summed E-state index contributed by atoms with van der Waals surface area (Å²) in [5, 5.41) is 0.578. The number of methoxy groups -OCH3 is 1. The molecule has 3 aromatic carbocycles. The van der Waals surface area contributed by atoms with Gasteiger partial charge in [-0.1, -0.05) is 23.7 Å². The molecule has 1 aromatic heterocycles. The van der Waals surface area contributed by atoms with Crippen LogP contribution in [-0.2, 0) is 10.1 Å².